The van der Waals surface area contributed by atoms with Gasteiger partial charge >= 0.3 is 0 Å². The van der Waals surface area contributed by atoms with Crippen molar-refractivity contribution in [3.63, 3.8) is 0 Å². The third-order valence-electron chi connectivity index (χ3n) is 6.90. The zero-order valence-electron chi connectivity index (χ0n) is 21.2. The molecule has 2 aliphatic rings. The number of carbonyl (C=O) groups is 2. The van der Waals surface area contributed by atoms with Gasteiger partial charge in [0.15, 0.2) is 5.76 Å². The van der Waals surface area contributed by atoms with Gasteiger partial charge in [-0.3, -0.25) is 18.9 Å². The van der Waals surface area contributed by atoms with Crippen LogP contribution in [0.25, 0.3) is 11.4 Å². The molecule has 194 valence electrons. The number of Topliss-reactive ketones (excluding diaryl/α,β-unsaturated/α-hetero) is 1. The zero-order valence-corrected chi connectivity index (χ0v) is 21.2. The maximum atomic E-state index is 13.4. The first-order valence-corrected chi connectivity index (χ1v) is 12.7. The number of imidazole rings is 1. The van der Waals surface area contributed by atoms with Gasteiger partial charge in [-0.25, -0.2) is 4.98 Å². The number of hydrogen-bond acceptors (Lipinski definition) is 7. The number of carbonyl (C=O) groups excluding carboxylic acids is 2. The number of pyridine rings is 1. The molecule has 0 bridgehead atoms. The Balaban J connectivity index is 1.57. The maximum Gasteiger partial charge on any atom is 0.295 e. The molecular formula is C28H32N4O5. The summed E-state index contributed by atoms with van der Waals surface area (Å²) in [6, 6.07) is 12.2. The number of aromatic nitrogens is 2. The lowest BCUT2D eigenvalue weighted by molar-refractivity contribution is -0.140. The normalized spacial score (nSPS) is 20.2. The van der Waals surface area contributed by atoms with Crippen LogP contribution in [0.5, 0.6) is 5.75 Å². The quantitative estimate of drug-likeness (QED) is 0.286. The summed E-state index contributed by atoms with van der Waals surface area (Å²) < 4.78 is 12.9. The summed E-state index contributed by atoms with van der Waals surface area (Å²) in [4.78, 5) is 35.1. The average Bonchev–Trinajstić information content (AvgIpc) is 3.39. The van der Waals surface area contributed by atoms with Gasteiger partial charge in [0.05, 0.1) is 37.1 Å². The van der Waals surface area contributed by atoms with Gasteiger partial charge in [0, 0.05) is 32.4 Å². The van der Waals surface area contributed by atoms with Gasteiger partial charge in [-0.15, -0.1) is 0 Å². The lowest BCUT2D eigenvalue weighted by atomic mass is 9.96. The van der Waals surface area contributed by atoms with E-state index in [1.54, 1.807) is 22.4 Å². The van der Waals surface area contributed by atoms with Crippen LogP contribution >= 0.6 is 0 Å². The summed E-state index contributed by atoms with van der Waals surface area (Å²) in [7, 11) is 0. The Morgan fingerprint density at radius 1 is 1.11 bits per heavy atom. The highest BCUT2D eigenvalue weighted by atomic mass is 16.5. The van der Waals surface area contributed by atoms with Crippen LogP contribution in [0.15, 0.2) is 54.2 Å². The van der Waals surface area contributed by atoms with Gasteiger partial charge in [-0.2, -0.15) is 0 Å². The van der Waals surface area contributed by atoms with E-state index in [0.717, 1.165) is 25.1 Å². The number of morpholine rings is 1. The topological polar surface area (TPSA) is 96.6 Å². The van der Waals surface area contributed by atoms with Gasteiger partial charge < -0.3 is 19.5 Å². The second-order valence-corrected chi connectivity index (χ2v) is 9.34. The van der Waals surface area contributed by atoms with Crippen molar-refractivity contribution in [2.45, 2.75) is 26.3 Å². The number of likely N-dealkylation sites (tertiary alicyclic amines) is 1. The summed E-state index contributed by atoms with van der Waals surface area (Å²) >= 11 is 0. The minimum atomic E-state index is -0.727. The number of benzene rings is 1. The van der Waals surface area contributed by atoms with Crippen LogP contribution < -0.4 is 4.74 Å². The Kier molecular flexibility index (Phi) is 7.25. The van der Waals surface area contributed by atoms with Crippen molar-refractivity contribution in [2.75, 3.05) is 46.0 Å². The van der Waals surface area contributed by atoms with Crippen molar-refractivity contribution < 1.29 is 24.2 Å². The molecule has 0 saturated carbocycles. The van der Waals surface area contributed by atoms with Gasteiger partial charge in [0.25, 0.3) is 11.7 Å². The van der Waals surface area contributed by atoms with Crippen molar-refractivity contribution in [1.29, 1.82) is 0 Å². The molecule has 1 aromatic carbocycles. The molecule has 1 atom stereocenters. The Morgan fingerprint density at radius 3 is 2.59 bits per heavy atom. The van der Waals surface area contributed by atoms with E-state index in [4.69, 9.17) is 9.47 Å². The van der Waals surface area contributed by atoms with Crippen LogP contribution in [0, 0.1) is 6.92 Å². The first kappa shape index (κ1) is 25.0. The van der Waals surface area contributed by atoms with E-state index < -0.39 is 17.7 Å². The molecular weight excluding hydrogens is 472 g/mol. The molecule has 1 unspecified atom stereocenters. The molecule has 37 heavy (non-hydrogen) atoms. The minimum absolute atomic E-state index is 0.0722. The minimum Gasteiger partial charge on any atom is -0.505 e. The fourth-order valence-corrected chi connectivity index (χ4v) is 5.02. The Hall–Kier alpha value is -3.69. The summed E-state index contributed by atoms with van der Waals surface area (Å²) in [6.07, 6.45) is 2.68. The van der Waals surface area contributed by atoms with E-state index in [1.165, 1.54) is 0 Å². The van der Waals surface area contributed by atoms with Crippen molar-refractivity contribution in [2.24, 2.45) is 0 Å². The van der Waals surface area contributed by atoms with E-state index in [9.17, 15) is 14.7 Å². The van der Waals surface area contributed by atoms with Crippen LogP contribution in [0.4, 0.5) is 0 Å². The standard InChI is InChI=1S/C28H32N4O5/c1-3-16-37-21-9-7-20(8-10-21)25-23(26(33)24-19(2)29-22-6-4-5-11-31(22)24)27(34)28(35)32(25)13-12-30-14-17-36-18-15-30/h4-11,25,33H,3,12-18H2,1-2H3/b26-23+. The molecule has 1 N–H and O–H groups in total. The molecule has 2 aliphatic heterocycles. The van der Waals surface area contributed by atoms with Gasteiger partial charge in [-0.1, -0.05) is 25.1 Å². The third-order valence-corrected chi connectivity index (χ3v) is 6.90. The molecule has 9 nitrogen and oxygen atoms in total. The molecule has 4 heterocycles. The number of aliphatic hydroxyl groups excluding tert-OH is 1. The lowest BCUT2D eigenvalue weighted by Crippen LogP contribution is -2.42. The SMILES string of the molecule is CCCOc1ccc(C2/C(=C(\O)c3c(C)nc4ccccn34)C(=O)C(=O)N2CCN2CCOCC2)cc1. The number of hydrogen-bond donors (Lipinski definition) is 1. The van der Waals surface area contributed by atoms with Crippen LogP contribution in [0.1, 0.15) is 36.3 Å². The Bertz CT molecular complexity index is 1320. The van der Waals surface area contributed by atoms with Crippen molar-refractivity contribution in [3.05, 3.63) is 71.2 Å². The highest BCUT2D eigenvalue weighted by Gasteiger charge is 2.46. The van der Waals surface area contributed by atoms with Gasteiger partial charge in [-0.05, 0) is 43.2 Å². The monoisotopic (exact) mass is 504 g/mol. The first-order chi connectivity index (χ1) is 18.0. The fraction of sp³-hybridized carbons (Fsp3) is 0.393. The van der Waals surface area contributed by atoms with Crippen LogP contribution in [-0.2, 0) is 14.3 Å². The second kappa shape index (κ2) is 10.7. The Morgan fingerprint density at radius 2 is 1.86 bits per heavy atom. The number of nitrogens with zero attached hydrogens (tertiary/aromatic N) is 4. The van der Waals surface area contributed by atoms with E-state index in [-0.39, 0.29) is 11.3 Å². The van der Waals surface area contributed by atoms with Crippen LogP contribution in [0.2, 0.25) is 0 Å². The largest absolute Gasteiger partial charge is 0.505 e. The smallest absolute Gasteiger partial charge is 0.295 e. The van der Waals surface area contributed by atoms with Gasteiger partial charge in [0.2, 0.25) is 0 Å². The highest BCUT2D eigenvalue weighted by molar-refractivity contribution is 6.46. The number of ether oxygens (including phenoxy) is 2. The number of amides is 1. The molecule has 0 spiro atoms. The molecule has 9 heteroatoms. The number of aliphatic hydroxyl groups is 1. The molecule has 1 amide bonds. The summed E-state index contributed by atoms with van der Waals surface area (Å²) in [5.41, 5.74) is 2.44. The molecule has 5 rings (SSSR count). The van der Waals surface area contributed by atoms with Crippen molar-refractivity contribution in [1.82, 2.24) is 19.2 Å². The predicted octanol–water partition coefficient (Wildman–Crippen LogP) is 3.19. The Labute approximate surface area is 215 Å². The maximum absolute atomic E-state index is 13.4. The van der Waals surface area contributed by atoms with E-state index in [2.05, 4.69) is 9.88 Å². The zero-order chi connectivity index (χ0) is 25.9. The van der Waals surface area contributed by atoms with Crippen LogP contribution in [-0.4, -0.2) is 82.0 Å². The van der Waals surface area contributed by atoms with E-state index >= 15 is 0 Å². The molecule has 0 aliphatic carbocycles. The highest BCUT2D eigenvalue weighted by Crippen LogP contribution is 2.40. The first-order valence-electron chi connectivity index (χ1n) is 12.7. The third kappa shape index (κ3) is 4.84. The van der Waals surface area contributed by atoms with Crippen molar-refractivity contribution >= 4 is 23.1 Å². The molecule has 2 saturated heterocycles. The van der Waals surface area contributed by atoms with Gasteiger partial charge in [0.1, 0.15) is 17.1 Å². The van der Waals surface area contributed by atoms with E-state index in [0.29, 0.717) is 55.7 Å². The fourth-order valence-electron chi connectivity index (χ4n) is 5.02. The number of ketones is 1. The van der Waals surface area contributed by atoms with E-state index in [1.807, 2.05) is 49.4 Å². The lowest BCUT2D eigenvalue weighted by Gasteiger charge is -2.31. The number of fused-ring (bicyclic) bond motifs is 1. The molecule has 3 aromatic rings. The molecule has 2 aromatic heterocycles. The summed E-state index contributed by atoms with van der Waals surface area (Å²) in [5, 5.41) is 11.6. The average molecular weight is 505 g/mol. The second-order valence-electron chi connectivity index (χ2n) is 9.34. The molecule has 2 fully saturated rings. The number of rotatable bonds is 8. The van der Waals surface area contributed by atoms with Crippen molar-refractivity contribution in [3.8, 4) is 5.75 Å². The summed E-state index contributed by atoms with van der Waals surface area (Å²) in [6.45, 7) is 8.24. The molecule has 0 radical (unpaired) electrons. The summed E-state index contributed by atoms with van der Waals surface area (Å²) in [5.74, 6) is -0.813. The number of aryl methyl sites for hydroxylation is 1. The van der Waals surface area contributed by atoms with Crippen LogP contribution in [0.3, 0.4) is 0 Å². The predicted molar refractivity (Wildman–Crippen MR) is 138 cm³/mol.